The second-order valence-corrected chi connectivity index (χ2v) is 7.10. The molecule has 1 saturated heterocycles. The highest BCUT2D eigenvalue weighted by atomic mass is 32.1. The van der Waals surface area contributed by atoms with Crippen molar-refractivity contribution in [1.29, 1.82) is 0 Å². The number of thiophene rings is 1. The zero-order chi connectivity index (χ0) is 14.9. The molecule has 0 unspecified atom stereocenters. The number of H-pyrrole nitrogens is 1. The first-order valence-corrected chi connectivity index (χ1v) is 8.75. The molecule has 22 heavy (non-hydrogen) atoms. The van der Waals surface area contributed by atoms with Gasteiger partial charge in [-0.15, -0.1) is 11.3 Å². The summed E-state index contributed by atoms with van der Waals surface area (Å²) in [6.45, 7) is 3.43. The smallest absolute Gasteiger partial charge is 0.240 e. The van der Waals surface area contributed by atoms with Gasteiger partial charge in [-0.1, -0.05) is 6.07 Å². The molecular weight excluding hydrogens is 296 g/mol. The summed E-state index contributed by atoms with van der Waals surface area (Å²) in [4.78, 5) is 26.2. The Morgan fingerprint density at radius 1 is 1.41 bits per heavy atom. The minimum atomic E-state index is -0.0731. The van der Waals surface area contributed by atoms with Gasteiger partial charge < -0.3 is 9.88 Å². The number of amides is 1. The second kappa shape index (κ2) is 5.85. The van der Waals surface area contributed by atoms with Gasteiger partial charge >= 0.3 is 0 Å². The molecule has 0 aliphatic carbocycles. The fraction of sp³-hybridized carbons (Fsp3) is 0.500. The minimum Gasteiger partial charge on any atom is -0.347 e. The molecule has 5 nitrogen and oxygen atoms in total. The van der Waals surface area contributed by atoms with Gasteiger partial charge in [-0.25, -0.2) is 4.98 Å². The highest BCUT2D eigenvalue weighted by molar-refractivity contribution is 7.09. The minimum absolute atomic E-state index is 0.0731. The zero-order valence-corrected chi connectivity index (χ0v) is 13.3. The van der Waals surface area contributed by atoms with Crippen LogP contribution in [0.15, 0.2) is 23.8 Å². The van der Waals surface area contributed by atoms with Crippen molar-refractivity contribution in [2.45, 2.75) is 38.4 Å². The molecular formula is C16H20N4OS. The number of carbonyl (C=O) groups excluding carboxylic acids is 1. The van der Waals surface area contributed by atoms with Crippen molar-refractivity contribution in [3.8, 4) is 0 Å². The van der Waals surface area contributed by atoms with Gasteiger partial charge in [-0.05, 0) is 24.3 Å². The Morgan fingerprint density at radius 2 is 2.27 bits per heavy atom. The van der Waals surface area contributed by atoms with E-state index >= 15 is 0 Å². The van der Waals surface area contributed by atoms with Gasteiger partial charge in [0.25, 0.3) is 0 Å². The largest absolute Gasteiger partial charge is 0.347 e. The van der Waals surface area contributed by atoms with Gasteiger partial charge in [0.2, 0.25) is 5.91 Å². The second-order valence-electron chi connectivity index (χ2n) is 6.06. The number of rotatable bonds is 3. The summed E-state index contributed by atoms with van der Waals surface area (Å²) < 4.78 is 0. The molecule has 2 aromatic heterocycles. The number of imidazole rings is 1. The van der Waals surface area contributed by atoms with Gasteiger partial charge in [0.1, 0.15) is 0 Å². The highest BCUT2D eigenvalue weighted by Gasteiger charge is 2.36. The van der Waals surface area contributed by atoms with Crippen LogP contribution in [0.4, 0.5) is 0 Å². The summed E-state index contributed by atoms with van der Waals surface area (Å²) in [6.07, 6.45) is 4.74. The SMILES string of the molecule is O=C([C@@H]1Cc2nc[nH]c2CN1Cc1cccs1)N1CCCC1. The van der Waals surface area contributed by atoms with Crippen LogP contribution in [0.1, 0.15) is 29.1 Å². The number of fused-ring (bicyclic) bond motifs is 1. The monoisotopic (exact) mass is 316 g/mol. The molecule has 1 N–H and O–H groups in total. The van der Waals surface area contributed by atoms with Crippen molar-refractivity contribution in [1.82, 2.24) is 19.8 Å². The molecule has 116 valence electrons. The normalized spacial score (nSPS) is 22.0. The first-order valence-electron chi connectivity index (χ1n) is 7.87. The van der Waals surface area contributed by atoms with Crippen LogP contribution >= 0.6 is 11.3 Å². The van der Waals surface area contributed by atoms with Crippen molar-refractivity contribution in [2.75, 3.05) is 13.1 Å². The van der Waals surface area contributed by atoms with Crippen LogP contribution in [0.3, 0.4) is 0 Å². The Morgan fingerprint density at radius 3 is 3.05 bits per heavy atom. The zero-order valence-electron chi connectivity index (χ0n) is 12.5. The van der Waals surface area contributed by atoms with Gasteiger partial charge in [0.05, 0.1) is 23.8 Å². The van der Waals surface area contributed by atoms with Crippen LogP contribution in [-0.2, 0) is 24.3 Å². The van der Waals surface area contributed by atoms with Crippen LogP contribution in [0, 0.1) is 0 Å². The summed E-state index contributed by atoms with van der Waals surface area (Å²) >= 11 is 1.75. The first-order chi connectivity index (χ1) is 10.8. The van der Waals surface area contributed by atoms with Crippen molar-refractivity contribution in [3.05, 3.63) is 40.1 Å². The molecule has 4 heterocycles. The van der Waals surface area contributed by atoms with Crippen molar-refractivity contribution in [3.63, 3.8) is 0 Å². The molecule has 2 aromatic rings. The lowest BCUT2D eigenvalue weighted by Crippen LogP contribution is -2.50. The topological polar surface area (TPSA) is 52.2 Å². The highest BCUT2D eigenvalue weighted by Crippen LogP contribution is 2.26. The van der Waals surface area contributed by atoms with Crippen LogP contribution < -0.4 is 0 Å². The lowest BCUT2D eigenvalue weighted by atomic mass is 10.0. The predicted octanol–water partition coefficient (Wildman–Crippen LogP) is 2.02. The molecule has 6 heteroatoms. The maximum atomic E-state index is 12.9. The lowest BCUT2D eigenvalue weighted by molar-refractivity contribution is -0.136. The maximum absolute atomic E-state index is 12.9. The molecule has 0 spiro atoms. The maximum Gasteiger partial charge on any atom is 0.240 e. The molecule has 4 rings (SSSR count). The first kappa shape index (κ1) is 14.0. The number of aromatic amines is 1. The van der Waals surface area contributed by atoms with Crippen molar-refractivity contribution < 1.29 is 4.79 Å². The number of nitrogens with zero attached hydrogens (tertiary/aromatic N) is 3. The van der Waals surface area contributed by atoms with Crippen molar-refractivity contribution >= 4 is 17.2 Å². The van der Waals surface area contributed by atoms with Gasteiger partial charge in [0.15, 0.2) is 0 Å². The molecule has 1 fully saturated rings. The number of hydrogen-bond donors (Lipinski definition) is 1. The van der Waals surface area contributed by atoms with Crippen LogP contribution in [-0.4, -0.2) is 44.8 Å². The van der Waals surface area contributed by atoms with E-state index in [-0.39, 0.29) is 11.9 Å². The van der Waals surface area contributed by atoms with E-state index in [1.807, 2.05) is 4.90 Å². The third-order valence-electron chi connectivity index (χ3n) is 4.64. The number of carbonyl (C=O) groups is 1. The van der Waals surface area contributed by atoms with Crippen molar-refractivity contribution in [2.24, 2.45) is 0 Å². The third kappa shape index (κ3) is 2.57. The summed E-state index contributed by atoms with van der Waals surface area (Å²) in [7, 11) is 0. The van der Waals surface area contributed by atoms with Crippen LogP contribution in [0.25, 0.3) is 0 Å². The standard InChI is InChI=1S/C16H20N4OS/c21-16(19-5-1-2-6-19)15-8-13-14(18-11-17-13)10-20(15)9-12-4-3-7-22-12/h3-4,7,11,15H,1-2,5-6,8-10H2,(H,17,18)/t15-/m0/s1. The molecule has 0 saturated carbocycles. The van der Waals surface area contributed by atoms with E-state index in [1.54, 1.807) is 17.7 Å². The Balaban J connectivity index is 1.58. The fourth-order valence-corrected chi connectivity index (χ4v) is 4.18. The number of hydrogen-bond acceptors (Lipinski definition) is 4. The average Bonchev–Trinajstić information content (AvgIpc) is 3.27. The van der Waals surface area contributed by atoms with E-state index in [0.29, 0.717) is 0 Å². The number of nitrogens with one attached hydrogen (secondary N) is 1. The summed E-state index contributed by atoms with van der Waals surface area (Å²) in [5, 5.41) is 2.10. The van der Waals surface area contributed by atoms with Crippen LogP contribution in [0.5, 0.6) is 0 Å². The number of likely N-dealkylation sites (tertiary alicyclic amines) is 1. The van der Waals surface area contributed by atoms with E-state index in [9.17, 15) is 4.79 Å². The van der Waals surface area contributed by atoms with Gasteiger partial charge in [0, 0.05) is 37.5 Å². The summed E-state index contributed by atoms with van der Waals surface area (Å²) in [5.74, 6) is 0.280. The Bertz CT molecular complexity index is 645. The molecule has 1 amide bonds. The molecule has 1 atom stereocenters. The van der Waals surface area contributed by atoms with E-state index in [4.69, 9.17) is 0 Å². The third-order valence-corrected chi connectivity index (χ3v) is 5.50. The summed E-state index contributed by atoms with van der Waals surface area (Å²) in [6, 6.07) is 4.14. The molecule has 0 bridgehead atoms. The fourth-order valence-electron chi connectivity index (χ4n) is 3.45. The molecule has 0 aromatic carbocycles. The van der Waals surface area contributed by atoms with E-state index in [2.05, 4.69) is 32.4 Å². The average molecular weight is 316 g/mol. The Labute approximate surface area is 134 Å². The van der Waals surface area contributed by atoms with Crippen LogP contribution in [0.2, 0.25) is 0 Å². The van der Waals surface area contributed by atoms with E-state index in [0.717, 1.165) is 56.8 Å². The Kier molecular flexibility index (Phi) is 3.72. The van der Waals surface area contributed by atoms with Gasteiger partial charge in [-0.3, -0.25) is 9.69 Å². The summed E-state index contributed by atoms with van der Waals surface area (Å²) in [5.41, 5.74) is 2.21. The molecule has 0 radical (unpaired) electrons. The van der Waals surface area contributed by atoms with E-state index < -0.39 is 0 Å². The lowest BCUT2D eigenvalue weighted by Gasteiger charge is -2.35. The number of aromatic nitrogens is 2. The molecule has 2 aliphatic rings. The Hall–Kier alpha value is -1.66. The predicted molar refractivity (Wildman–Crippen MR) is 85.5 cm³/mol. The van der Waals surface area contributed by atoms with Gasteiger partial charge in [-0.2, -0.15) is 0 Å². The molecule has 2 aliphatic heterocycles. The quantitative estimate of drug-likeness (QED) is 0.942. The van der Waals surface area contributed by atoms with E-state index in [1.165, 1.54) is 4.88 Å².